The van der Waals surface area contributed by atoms with E-state index in [0.29, 0.717) is 17.1 Å². The summed E-state index contributed by atoms with van der Waals surface area (Å²) in [5.41, 5.74) is 7.10. The smallest absolute Gasteiger partial charge is 0.274 e. The van der Waals surface area contributed by atoms with Gasteiger partial charge in [0.25, 0.3) is 5.91 Å². The SMILES string of the molecule is NC(=S)Nc1cccc(NC(=O)c2ccccn2)c1. The van der Waals surface area contributed by atoms with Crippen molar-refractivity contribution in [2.75, 3.05) is 10.6 Å². The number of carbonyl (C=O) groups is 1. The number of nitrogens with one attached hydrogen (secondary N) is 2. The van der Waals surface area contributed by atoms with Crippen LogP contribution in [-0.2, 0) is 0 Å². The normalized spacial score (nSPS) is 9.68. The minimum atomic E-state index is -0.270. The number of anilines is 2. The number of carbonyl (C=O) groups excluding carboxylic acids is 1. The van der Waals surface area contributed by atoms with Gasteiger partial charge in [-0.2, -0.15) is 0 Å². The molecule has 0 aliphatic carbocycles. The lowest BCUT2D eigenvalue weighted by Gasteiger charge is -2.08. The van der Waals surface area contributed by atoms with E-state index in [1.165, 1.54) is 0 Å². The quantitative estimate of drug-likeness (QED) is 0.745. The molecule has 2 aromatic rings. The van der Waals surface area contributed by atoms with Gasteiger partial charge in [-0.1, -0.05) is 12.1 Å². The number of nitrogens with two attached hydrogens (primary N) is 1. The Kier molecular flexibility index (Phi) is 4.04. The molecule has 1 heterocycles. The highest BCUT2D eigenvalue weighted by Gasteiger charge is 2.06. The molecule has 0 atom stereocenters. The lowest BCUT2D eigenvalue weighted by molar-refractivity contribution is 0.102. The zero-order chi connectivity index (χ0) is 13.7. The van der Waals surface area contributed by atoms with Gasteiger partial charge in [0.2, 0.25) is 0 Å². The zero-order valence-corrected chi connectivity index (χ0v) is 10.8. The molecule has 19 heavy (non-hydrogen) atoms. The maximum absolute atomic E-state index is 11.9. The summed E-state index contributed by atoms with van der Waals surface area (Å²) < 4.78 is 0. The second-order valence-corrected chi connectivity index (χ2v) is 4.18. The third-order valence-corrected chi connectivity index (χ3v) is 2.39. The molecule has 1 aromatic heterocycles. The molecule has 0 fully saturated rings. The number of amides is 1. The van der Waals surface area contributed by atoms with Gasteiger partial charge < -0.3 is 16.4 Å². The fourth-order valence-electron chi connectivity index (χ4n) is 1.51. The van der Waals surface area contributed by atoms with Crippen molar-refractivity contribution in [1.82, 2.24) is 4.98 Å². The van der Waals surface area contributed by atoms with Crippen LogP contribution >= 0.6 is 12.2 Å². The van der Waals surface area contributed by atoms with E-state index in [1.54, 1.807) is 48.7 Å². The number of aromatic nitrogens is 1. The van der Waals surface area contributed by atoms with Gasteiger partial charge in [-0.3, -0.25) is 9.78 Å². The Hall–Kier alpha value is -2.47. The lowest BCUT2D eigenvalue weighted by Crippen LogP contribution is -2.19. The topological polar surface area (TPSA) is 80.0 Å². The maximum Gasteiger partial charge on any atom is 0.274 e. The van der Waals surface area contributed by atoms with Gasteiger partial charge in [0, 0.05) is 17.6 Å². The van der Waals surface area contributed by atoms with Gasteiger partial charge in [0.1, 0.15) is 5.69 Å². The first kappa shape index (κ1) is 13.0. The summed E-state index contributed by atoms with van der Waals surface area (Å²) >= 11 is 4.75. The molecule has 0 aliphatic rings. The number of rotatable bonds is 3. The first-order chi connectivity index (χ1) is 9.15. The van der Waals surface area contributed by atoms with Gasteiger partial charge in [-0.15, -0.1) is 0 Å². The predicted molar refractivity (Wildman–Crippen MR) is 79.0 cm³/mol. The molecule has 0 bridgehead atoms. The number of thiocarbonyl (C=S) groups is 1. The molecular formula is C13H12N4OS. The van der Waals surface area contributed by atoms with Crippen molar-refractivity contribution < 1.29 is 4.79 Å². The monoisotopic (exact) mass is 272 g/mol. The molecule has 0 saturated heterocycles. The highest BCUT2D eigenvalue weighted by atomic mass is 32.1. The van der Waals surface area contributed by atoms with Crippen LogP contribution in [0.3, 0.4) is 0 Å². The van der Waals surface area contributed by atoms with Gasteiger partial charge >= 0.3 is 0 Å². The highest BCUT2D eigenvalue weighted by molar-refractivity contribution is 7.80. The largest absolute Gasteiger partial charge is 0.376 e. The summed E-state index contributed by atoms with van der Waals surface area (Å²) in [6, 6.07) is 12.2. The molecule has 0 saturated carbocycles. The fourth-order valence-corrected chi connectivity index (χ4v) is 1.63. The summed E-state index contributed by atoms with van der Waals surface area (Å²) in [7, 11) is 0. The molecule has 4 N–H and O–H groups in total. The van der Waals surface area contributed by atoms with E-state index < -0.39 is 0 Å². The molecule has 2 rings (SSSR count). The Morgan fingerprint density at radius 2 is 1.84 bits per heavy atom. The average molecular weight is 272 g/mol. The van der Waals surface area contributed by atoms with E-state index in [4.69, 9.17) is 18.0 Å². The summed E-state index contributed by atoms with van der Waals surface area (Å²) in [5, 5.41) is 5.72. The van der Waals surface area contributed by atoms with E-state index in [-0.39, 0.29) is 11.0 Å². The Morgan fingerprint density at radius 1 is 1.11 bits per heavy atom. The van der Waals surface area contributed by atoms with Crippen LogP contribution in [0.1, 0.15) is 10.5 Å². The number of hydrogen-bond donors (Lipinski definition) is 3. The van der Waals surface area contributed by atoms with E-state index >= 15 is 0 Å². The second kappa shape index (κ2) is 5.92. The first-order valence-corrected chi connectivity index (χ1v) is 5.95. The van der Waals surface area contributed by atoms with Crippen LogP contribution < -0.4 is 16.4 Å². The number of pyridine rings is 1. The Labute approximate surface area is 115 Å². The Bertz CT molecular complexity index is 601. The van der Waals surface area contributed by atoms with Crippen molar-refractivity contribution in [3.63, 3.8) is 0 Å². The van der Waals surface area contributed by atoms with Crippen LogP contribution in [-0.4, -0.2) is 16.0 Å². The number of nitrogens with zero attached hydrogens (tertiary/aromatic N) is 1. The summed E-state index contributed by atoms with van der Waals surface area (Å²) in [4.78, 5) is 15.9. The van der Waals surface area contributed by atoms with Crippen molar-refractivity contribution in [2.24, 2.45) is 5.73 Å². The maximum atomic E-state index is 11.9. The summed E-state index contributed by atoms with van der Waals surface area (Å²) in [6.07, 6.45) is 1.57. The molecule has 1 aromatic carbocycles. The molecular weight excluding hydrogens is 260 g/mol. The van der Waals surface area contributed by atoms with Crippen LogP contribution in [0.5, 0.6) is 0 Å². The lowest BCUT2D eigenvalue weighted by atomic mass is 10.2. The summed E-state index contributed by atoms with van der Waals surface area (Å²) in [6.45, 7) is 0. The van der Waals surface area contributed by atoms with Gasteiger partial charge in [0.05, 0.1) is 0 Å². The molecule has 1 amide bonds. The van der Waals surface area contributed by atoms with Gasteiger partial charge in [-0.25, -0.2) is 0 Å². The Morgan fingerprint density at radius 3 is 2.47 bits per heavy atom. The van der Waals surface area contributed by atoms with Crippen LogP contribution in [0.15, 0.2) is 48.7 Å². The average Bonchev–Trinajstić information content (AvgIpc) is 2.39. The van der Waals surface area contributed by atoms with Crippen LogP contribution in [0.4, 0.5) is 11.4 Å². The Balaban J connectivity index is 2.11. The van der Waals surface area contributed by atoms with Crippen molar-refractivity contribution in [2.45, 2.75) is 0 Å². The first-order valence-electron chi connectivity index (χ1n) is 5.54. The van der Waals surface area contributed by atoms with E-state index in [1.807, 2.05) is 0 Å². The van der Waals surface area contributed by atoms with E-state index in [2.05, 4.69) is 15.6 Å². The van der Waals surface area contributed by atoms with Crippen molar-refractivity contribution in [3.05, 3.63) is 54.4 Å². The minimum Gasteiger partial charge on any atom is -0.376 e. The number of hydrogen-bond acceptors (Lipinski definition) is 3. The summed E-state index contributed by atoms with van der Waals surface area (Å²) in [5.74, 6) is -0.270. The molecule has 0 spiro atoms. The third kappa shape index (κ3) is 3.75. The minimum absolute atomic E-state index is 0.174. The zero-order valence-electron chi connectivity index (χ0n) is 9.96. The van der Waals surface area contributed by atoms with Crippen molar-refractivity contribution in [1.29, 1.82) is 0 Å². The van der Waals surface area contributed by atoms with E-state index in [9.17, 15) is 4.79 Å². The van der Waals surface area contributed by atoms with Crippen molar-refractivity contribution >= 4 is 34.6 Å². The molecule has 0 unspecified atom stereocenters. The number of benzene rings is 1. The standard InChI is InChI=1S/C13H12N4OS/c14-13(19)17-10-5-3-4-9(8-10)16-12(18)11-6-1-2-7-15-11/h1-8H,(H,16,18)(H3,14,17,19). The van der Waals surface area contributed by atoms with Crippen LogP contribution in [0.2, 0.25) is 0 Å². The molecule has 96 valence electrons. The van der Waals surface area contributed by atoms with Crippen LogP contribution in [0, 0.1) is 0 Å². The second-order valence-electron chi connectivity index (χ2n) is 3.74. The van der Waals surface area contributed by atoms with Gasteiger partial charge in [-0.05, 0) is 42.5 Å². The predicted octanol–water partition coefficient (Wildman–Crippen LogP) is 1.99. The third-order valence-electron chi connectivity index (χ3n) is 2.29. The molecule has 0 radical (unpaired) electrons. The molecule has 6 heteroatoms. The molecule has 0 aliphatic heterocycles. The van der Waals surface area contributed by atoms with Crippen LogP contribution in [0.25, 0.3) is 0 Å². The van der Waals surface area contributed by atoms with Crippen molar-refractivity contribution in [3.8, 4) is 0 Å². The fraction of sp³-hybridized carbons (Fsp3) is 0. The van der Waals surface area contributed by atoms with E-state index in [0.717, 1.165) is 0 Å². The van der Waals surface area contributed by atoms with Gasteiger partial charge in [0.15, 0.2) is 5.11 Å². The molecule has 5 nitrogen and oxygen atoms in total. The highest BCUT2D eigenvalue weighted by Crippen LogP contribution is 2.15.